The number of methoxy groups -OCH3 is 2. The van der Waals surface area contributed by atoms with Gasteiger partial charge in [-0.15, -0.1) is 16.4 Å². The second-order valence-electron chi connectivity index (χ2n) is 4.79. The summed E-state index contributed by atoms with van der Waals surface area (Å²) in [6.07, 6.45) is 0.270. The van der Waals surface area contributed by atoms with Gasteiger partial charge in [0, 0.05) is 10.4 Å². The number of amides is 1. The molecule has 1 aromatic carbocycles. The van der Waals surface area contributed by atoms with Crippen molar-refractivity contribution < 1.29 is 18.7 Å². The third kappa shape index (κ3) is 3.54. The Bertz CT molecular complexity index is 830. The molecule has 3 aromatic rings. The van der Waals surface area contributed by atoms with Gasteiger partial charge in [0.1, 0.15) is 0 Å². The lowest BCUT2D eigenvalue weighted by Gasteiger charge is -2.07. The Morgan fingerprint density at radius 2 is 2.04 bits per heavy atom. The van der Waals surface area contributed by atoms with Gasteiger partial charge < -0.3 is 13.9 Å². The Labute approximate surface area is 142 Å². The van der Waals surface area contributed by atoms with Crippen molar-refractivity contribution in [3.8, 4) is 23.0 Å². The van der Waals surface area contributed by atoms with Crippen LogP contribution in [0.4, 0.5) is 6.01 Å². The number of carbonyl (C=O) groups excluding carboxylic acids is 1. The molecule has 24 heavy (non-hydrogen) atoms. The summed E-state index contributed by atoms with van der Waals surface area (Å²) in [7, 11) is 3.11. The minimum atomic E-state index is -0.208. The van der Waals surface area contributed by atoms with Crippen LogP contribution < -0.4 is 14.8 Å². The molecule has 0 fully saturated rings. The lowest BCUT2D eigenvalue weighted by atomic mass is 10.2. The molecule has 1 N–H and O–H groups in total. The molecule has 3 rings (SSSR count). The molecule has 0 radical (unpaired) electrons. The van der Waals surface area contributed by atoms with Crippen LogP contribution in [-0.2, 0) is 11.2 Å². The number of carbonyl (C=O) groups is 1. The van der Waals surface area contributed by atoms with Crippen molar-refractivity contribution in [1.82, 2.24) is 10.2 Å². The zero-order valence-corrected chi connectivity index (χ0v) is 13.9. The predicted molar refractivity (Wildman–Crippen MR) is 89.5 cm³/mol. The number of ether oxygens (including phenoxy) is 2. The normalized spacial score (nSPS) is 10.4. The third-order valence-electron chi connectivity index (χ3n) is 3.22. The maximum absolute atomic E-state index is 11.9. The lowest BCUT2D eigenvalue weighted by Crippen LogP contribution is -2.13. The average molecular weight is 345 g/mol. The number of thiophene rings is 1. The van der Waals surface area contributed by atoms with Gasteiger partial charge in [0.2, 0.25) is 11.8 Å². The fourth-order valence-electron chi connectivity index (χ4n) is 2.09. The van der Waals surface area contributed by atoms with E-state index in [-0.39, 0.29) is 24.2 Å². The van der Waals surface area contributed by atoms with Crippen molar-refractivity contribution in [2.45, 2.75) is 6.42 Å². The van der Waals surface area contributed by atoms with Gasteiger partial charge in [-0.25, -0.2) is 0 Å². The van der Waals surface area contributed by atoms with Gasteiger partial charge in [0.15, 0.2) is 11.5 Å². The van der Waals surface area contributed by atoms with Crippen molar-refractivity contribution in [2.24, 2.45) is 0 Å². The molecule has 0 aliphatic heterocycles. The second-order valence-corrected chi connectivity index (χ2v) is 5.82. The first-order valence-corrected chi connectivity index (χ1v) is 7.95. The highest BCUT2D eigenvalue weighted by Gasteiger charge is 2.14. The van der Waals surface area contributed by atoms with E-state index in [9.17, 15) is 4.79 Å². The molecular weight excluding hydrogens is 330 g/mol. The molecule has 0 bridgehead atoms. The minimum absolute atomic E-state index is 0.0568. The Morgan fingerprint density at radius 3 is 2.75 bits per heavy atom. The first-order chi connectivity index (χ1) is 11.7. The first-order valence-electron chi connectivity index (χ1n) is 7.07. The van der Waals surface area contributed by atoms with Gasteiger partial charge in [0.05, 0.1) is 20.6 Å². The molecule has 2 heterocycles. The van der Waals surface area contributed by atoms with Crippen molar-refractivity contribution >= 4 is 23.3 Å². The summed E-state index contributed by atoms with van der Waals surface area (Å²) in [5.74, 6) is 1.23. The van der Waals surface area contributed by atoms with Crippen LogP contribution in [0, 0.1) is 0 Å². The number of anilines is 1. The van der Waals surface area contributed by atoms with Gasteiger partial charge in [-0.3, -0.25) is 10.1 Å². The largest absolute Gasteiger partial charge is 0.493 e. The SMILES string of the molecule is COc1ccc(-c2nnc(NC(=O)Cc3cccs3)o2)cc1OC. The zero-order chi connectivity index (χ0) is 16.9. The van der Waals surface area contributed by atoms with Crippen molar-refractivity contribution in [2.75, 3.05) is 19.5 Å². The maximum Gasteiger partial charge on any atom is 0.322 e. The predicted octanol–water partition coefficient (Wildman–Crippen LogP) is 3.00. The molecule has 0 unspecified atom stereocenters. The topological polar surface area (TPSA) is 86.5 Å². The number of benzene rings is 1. The molecule has 8 heteroatoms. The fraction of sp³-hybridized carbons (Fsp3) is 0.188. The van der Waals surface area contributed by atoms with Gasteiger partial charge in [-0.1, -0.05) is 11.2 Å². The first kappa shape index (κ1) is 16.0. The van der Waals surface area contributed by atoms with E-state index in [1.165, 1.54) is 11.3 Å². The minimum Gasteiger partial charge on any atom is -0.493 e. The number of nitrogens with zero attached hydrogens (tertiary/aromatic N) is 2. The molecule has 0 saturated heterocycles. The Balaban J connectivity index is 1.72. The van der Waals surface area contributed by atoms with E-state index in [1.807, 2.05) is 17.5 Å². The summed E-state index contributed by atoms with van der Waals surface area (Å²) < 4.78 is 15.9. The zero-order valence-electron chi connectivity index (χ0n) is 13.1. The van der Waals surface area contributed by atoms with E-state index in [2.05, 4.69) is 15.5 Å². The van der Waals surface area contributed by atoms with Crippen molar-refractivity contribution in [3.63, 3.8) is 0 Å². The van der Waals surface area contributed by atoms with Crippen LogP contribution in [0.25, 0.3) is 11.5 Å². The highest BCUT2D eigenvalue weighted by Crippen LogP contribution is 2.32. The molecule has 124 valence electrons. The maximum atomic E-state index is 11.9. The van der Waals surface area contributed by atoms with E-state index in [0.717, 1.165) is 4.88 Å². The fourth-order valence-corrected chi connectivity index (χ4v) is 2.80. The smallest absolute Gasteiger partial charge is 0.322 e. The van der Waals surface area contributed by atoms with Gasteiger partial charge in [-0.05, 0) is 29.6 Å². The number of hydrogen-bond donors (Lipinski definition) is 1. The van der Waals surface area contributed by atoms with E-state index in [0.29, 0.717) is 17.1 Å². The van der Waals surface area contributed by atoms with Crippen LogP contribution in [0.1, 0.15) is 4.88 Å². The summed E-state index contributed by atoms with van der Waals surface area (Å²) in [6, 6.07) is 9.09. The van der Waals surface area contributed by atoms with Crippen LogP contribution in [0.3, 0.4) is 0 Å². The molecule has 0 saturated carbocycles. The standard InChI is InChI=1S/C16H15N3O4S/c1-21-12-6-5-10(8-13(12)22-2)15-18-19-16(23-15)17-14(20)9-11-4-3-7-24-11/h3-8H,9H2,1-2H3,(H,17,19,20). The molecule has 7 nitrogen and oxygen atoms in total. The van der Waals surface area contributed by atoms with Crippen molar-refractivity contribution in [1.29, 1.82) is 0 Å². The average Bonchev–Trinajstić information content (AvgIpc) is 3.26. The number of hydrogen-bond acceptors (Lipinski definition) is 7. The van der Waals surface area contributed by atoms with E-state index < -0.39 is 0 Å². The summed E-state index contributed by atoms with van der Waals surface area (Å²) >= 11 is 1.52. The quantitative estimate of drug-likeness (QED) is 0.739. The molecule has 2 aromatic heterocycles. The van der Waals surface area contributed by atoms with Crippen LogP contribution in [0.15, 0.2) is 40.1 Å². The number of rotatable bonds is 6. The lowest BCUT2D eigenvalue weighted by molar-refractivity contribution is -0.115. The highest BCUT2D eigenvalue weighted by atomic mass is 32.1. The molecule has 0 spiro atoms. The highest BCUT2D eigenvalue weighted by molar-refractivity contribution is 7.10. The molecule has 0 aliphatic carbocycles. The van der Waals surface area contributed by atoms with E-state index in [1.54, 1.807) is 32.4 Å². The number of aromatic nitrogens is 2. The molecule has 1 amide bonds. The summed E-state index contributed by atoms with van der Waals surface area (Å²) in [6.45, 7) is 0. The number of nitrogens with one attached hydrogen (secondary N) is 1. The monoisotopic (exact) mass is 345 g/mol. The molecule has 0 aliphatic rings. The Morgan fingerprint density at radius 1 is 1.21 bits per heavy atom. The third-order valence-corrected chi connectivity index (χ3v) is 4.09. The van der Waals surface area contributed by atoms with Crippen LogP contribution in [0.5, 0.6) is 11.5 Å². The summed E-state index contributed by atoms with van der Waals surface area (Å²) in [5.41, 5.74) is 0.666. The van der Waals surface area contributed by atoms with Crippen LogP contribution >= 0.6 is 11.3 Å². The van der Waals surface area contributed by atoms with Crippen LogP contribution in [0.2, 0.25) is 0 Å². The van der Waals surface area contributed by atoms with E-state index in [4.69, 9.17) is 13.9 Å². The van der Waals surface area contributed by atoms with Gasteiger partial charge >= 0.3 is 6.01 Å². The second kappa shape index (κ2) is 7.14. The Kier molecular flexibility index (Phi) is 4.76. The van der Waals surface area contributed by atoms with Gasteiger partial charge in [-0.2, -0.15) is 0 Å². The molecular formula is C16H15N3O4S. The Hall–Kier alpha value is -2.87. The van der Waals surface area contributed by atoms with Crippen molar-refractivity contribution in [3.05, 3.63) is 40.6 Å². The summed E-state index contributed by atoms with van der Waals surface area (Å²) in [4.78, 5) is 12.9. The van der Waals surface area contributed by atoms with Crippen LogP contribution in [-0.4, -0.2) is 30.3 Å². The summed E-state index contributed by atoms with van der Waals surface area (Å²) in [5, 5.41) is 12.3. The van der Waals surface area contributed by atoms with E-state index >= 15 is 0 Å². The van der Waals surface area contributed by atoms with Gasteiger partial charge in [0.25, 0.3) is 0 Å². The molecule has 0 atom stereocenters.